The summed E-state index contributed by atoms with van der Waals surface area (Å²) >= 11 is 4.85. The molecule has 1 rings (SSSR count). The molecule has 0 aromatic carbocycles. The Hall–Kier alpha value is -0.190. The maximum atomic E-state index is 5.88. The highest BCUT2D eigenvalue weighted by molar-refractivity contribution is 7.80. The highest BCUT2D eigenvalue weighted by atomic mass is 32.1. The van der Waals surface area contributed by atoms with E-state index in [1.54, 1.807) is 0 Å². The van der Waals surface area contributed by atoms with E-state index in [1.807, 2.05) is 7.05 Å². The summed E-state index contributed by atoms with van der Waals surface area (Å²) in [6, 6.07) is 0. The lowest BCUT2D eigenvalue weighted by atomic mass is 10.1. The van der Waals surface area contributed by atoms with Crippen molar-refractivity contribution in [2.24, 2.45) is 5.73 Å². The lowest BCUT2D eigenvalue weighted by molar-refractivity contribution is -0.0245. The molecule has 0 bridgehead atoms. The monoisotopic (exact) mass is 216 g/mol. The highest BCUT2D eigenvalue weighted by Crippen LogP contribution is 2.29. The molecule has 3 nitrogen and oxygen atoms in total. The van der Waals surface area contributed by atoms with Crippen LogP contribution in [0.15, 0.2) is 0 Å². The first-order chi connectivity index (χ1) is 6.39. The minimum absolute atomic E-state index is 0.0503. The van der Waals surface area contributed by atoms with Gasteiger partial charge in [-0.25, -0.2) is 0 Å². The molecule has 1 fully saturated rings. The van der Waals surface area contributed by atoms with Gasteiger partial charge in [0.2, 0.25) is 0 Å². The van der Waals surface area contributed by atoms with Crippen LogP contribution in [0.5, 0.6) is 0 Å². The van der Waals surface area contributed by atoms with Crippen molar-refractivity contribution in [3.8, 4) is 0 Å². The Kier molecular flexibility index (Phi) is 3.86. The summed E-state index contributed by atoms with van der Waals surface area (Å²) in [6.07, 6.45) is 2.61. The zero-order valence-electron chi connectivity index (χ0n) is 9.25. The average molecular weight is 216 g/mol. The molecule has 1 heterocycles. The smallest absolute Gasteiger partial charge is 0.0869 e. The van der Waals surface area contributed by atoms with E-state index >= 15 is 0 Å². The average Bonchev–Trinajstić information content (AvgIpc) is 2.27. The first kappa shape index (κ1) is 11.9. The van der Waals surface area contributed by atoms with E-state index in [0.29, 0.717) is 17.6 Å². The molecule has 1 aliphatic heterocycles. The minimum Gasteiger partial charge on any atom is -0.392 e. The van der Waals surface area contributed by atoms with Crippen molar-refractivity contribution in [3.05, 3.63) is 0 Å². The Morgan fingerprint density at radius 3 is 2.71 bits per heavy atom. The van der Waals surface area contributed by atoms with Crippen LogP contribution >= 0.6 is 12.2 Å². The number of rotatable bonds is 4. The van der Waals surface area contributed by atoms with Gasteiger partial charge in [0.25, 0.3) is 0 Å². The van der Waals surface area contributed by atoms with Gasteiger partial charge in [-0.2, -0.15) is 0 Å². The number of likely N-dealkylation sites (N-methyl/N-ethyl adjacent to an activating group) is 1. The predicted octanol–water partition coefficient (Wildman–Crippen LogP) is 1.16. The molecule has 1 saturated heterocycles. The third kappa shape index (κ3) is 3.90. The summed E-state index contributed by atoms with van der Waals surface area (Å²) in [6.45, 7) is 5.87. The quantitative estimate of drug-likeness (QED) is 0.716. The molecule has 0 amide bonds. The second-order valence-corrected chi connectivity index (χ2v) is 5.23. The molecule has 1 atom stereocenters. The third-order valence-corrected chi connectivity index (χ3v) is 2.62. The molecule has 0 aliphatic carbocycles. The van der Waals surface area contributed by atoms with Crippen LogP contribution < -0.4 is 5.73 Å². The normalized spacial score (nSPS) is 25.6. The van der Waals surface area contributed by atoms with Gasteiger partial charge in [-0.15, -0.1) is 0 Å². The fraction of sp³-hybridized carbons (Fsp3) is 0.900. The van der Waals surface area contributed by atoms with E-state index in [1.165, 1.54) is 0 Å². The van der Waals surface area contributed by atoms with Crippen LogP contribution in [-0.2, 0) is 4.74 Å². The lowest BCUT2D eigenvalue weighted by Crippen LogP contribution is -2.36. The Morgan fingerprint density at radius 1 is 1.64 bits per heavy atom. The number of thiocarbonyl (C=S) groups is 1. The fourth-order valence-corrected chi connectivity index (χ4v) is 2.10. The molecular weight excluding hydrogens is 196 g/mol. The topological polar surface area (TPSA) is 38.5 Å². The molecule has 1 aliphatic rings. The molecule has 0 radical (unpaired) electrons. The van der Waals surface area contributed by atoms with Gasteiger partial charge in [0.1, 0.15) is 0 Å². The van der Waals surface area contributed by atoms with E-state index in [-0.39, 0.29) is 5.60 Å². The Morgan fingerprint density at radius 2 is 2.29 bits per heavy atom. The summed E-state index contributed by atoms with van der Waals surface area (Å²) in [5.74, 6) is 0. The minimum atomic E-state index is 0.0503. The molecule has 14 heavy (non-hydrogen) atoms. The van der Waals surface area contributed by atoms with Gasteiger partial charge in [0, 0.05) is 13.1 Å². The molecule has 2 N–H and O–H groups in total. The van der Waals surface area contributed by atoms with Gasteiger partial charge in [-0.3, -0.25) is 4.90 Å². The van der Waals surface area contributed by atoms with Crippen molar-refractivity contribution >= 4 is 17.2 Å². The number of hydrogen-bond donors (Lipinski definition) is 1. The second kappa shape index (κ2) is 4.55. The van der Waals surface area contributed by atoms with Crippen LogP contribution in [0.1, 0.15) is 26.7 Å². The Balaban J connectivity index is 2.29. The largest absolute Gasteiger partial charge is 0.392 e. The molecule has 1 unspecified atom stereocenters. The number of nitrogens with two attached hydrogens (primary N) is 1. The zero-order valence-corrected chi connectivity index (χ0v) is 10.1. The van der Waals surface area contributed by atoms with Gasteiger partial charge < -0.3 is 10.5 Å². The van der Waals surface area contributed by atoms with Crippen LogP contribution in [0.4, 0.5) is 0 Å². The molecule has 4 heteroatoms. The van der Waals surface area contributed by atoms with Crippen LogP contribution in [0.25, 0.3) is 0 Å². The molecule has 82 valence electrons. The molecular formula is C10H20N2OS. The maximum Gasteiger partial charge on any atom is 0.0869 e. The summed E-state index contributed by atoms with van der Waals surface area (Å²) < 4.78 is 5.88. The molecule has 0 saturated carbocycles. The molecule has 0 aromatic heterocycles. The van der Waals surface area contributed by atoms with Crippen molar-refractivity contribution in [2.75, 3.05) is 20.1 Å². The summed E-state index contributed by atoms with van der Waals surface area (Å²) in [5.41, 5.74) is 5.52. The van der Waals surface area contributed by atoms with E-state index in [4.69, 9.17) is 22.7 Å². The Bertz CT molecular complexity index is 218. The van der Waals surface area contributed by atoms with E-state index < -0.39 is 0 Å². The predicted molar refractivity (Wildman–Crippen MR) is 62.5 cm³/mol. The highest BCUT2D eigenvalue weighted by Gasteiger charge is 2.31. The van der Waals surface area contributed by atoms with Crippen LogP contribution in [0.2, 0.25) is 0 Å². The van der Waals surface area contributed by atoms with E-state index in [9.17, 15) is 0 Å². The number of hydrogen-bond acceptors (Lipinski definition) is 3. The number of nitrogens with zero attached hydrogens (tertiary/aromatic N) is 1. The van der Waals surface area contributed by atoms with Crippen LogP contribution in [0.3, 0.4) is 0 Å². The standard InChI is InChI=1S/C10H20N2OS/c1-10(2)5-4-8(13-10)6-12(3)7-9(11)14/h8H,4-7H2,1-3H3,(H2,11,14). The SMILES string of the molecule is CN(CC(N)=S)CC1CCC(C)(C)O1. The summed E-state index contributed by atoms with van der Waals surface area (Å²) in [4.78, 5) is 2.67. The van der Waals surface area contributed by atoms with Crippen molar-refractivity contribution in [3.63, 3.8) is 0 Å². The van der Waals surface area contributed by atoms with Crippen molar-refractivity contribution in [2.45, 2.75) is 38.4 Å². The fourth-order valence-electron chi connectivity index (χ4n) is 1.88. The van der Waals surface area contributed by atoms with Gasteiger partial charge in [-0.05, 0) is 33.7 Å². The van der Waals surface area contributed by atoms with Gasteiger partial charge in [0.05, 0.1) is 16.7 Å². The molecule has 0 aromatic rings. The van der Waals surface area contributed by atoms with Crippen molar-refractivity contribution in [1.82, 2.24) is 4.90 Å². The third-order valence-electron chi connectivity index (χ3n) is 2.50. The van der Waals surface area contributed by atoms with Gasteiger partial charge >= 0.3 is 0 Å². The van der Waals surface area contributed by atoms with Gasteiger partial charge in [-0.1, -0.05) is 12.2 Å². The van der Waals surface area contributed by atoms with Crippen molar-refractivity contribution < 1.29 is 4.74 Å². The summed E-state index contributed by atoms with van der Waals surface area (Å²) in [5, 5.41) is 0. The van der Waals surface area contributed by atoms with Gasteiger partial charge in [0.15, 0.2) is 0 Å². The number of ether oxygens (including phenoxy) is 1. The lowest BCUT2D eigenvalue weighted by Gasteiger charge is -2.23. The van der Waals surface area contributed by atoms with Crippen LogP contribution in [-0.4, -0.2) is 41.7 Å². The first-order valence-electron chi connectivity index (χ1n) is 5.04. The zero-order chi connectivity index (χ0) is 10.8. The van der Waals surface area contributed by atoms with E-state index in [2.05, 4.69) is 18.7 Å². The maximum absolute atomic E-state index is 5.88. The first-order valence-corrected chi connectivity index (χ1v) is 5.44. The second-order valence-electron chi connectivity index (χ2n) is 4.70. The van der Waals surface area contributed by atoms with Crippen molar-refractivity contribution in [1.29, 1.82) is 0 Å². The molecule has 0 spiro atoms. The van der Waals surface area contributed by atoms with E-state index in [0.717, 1.165) is 19.4 Å². The summed E-state index contributed by atoms with van der Waals surface area (Å²) in [7, 11) is 2.02. The Labute approximate surface area is 91.6 Å². The van der Waals surface area contributed by atoms with Crippen LogP contribution in [0, 0.1) is 0 Å².